The second kappa shape index (κ2) is 5.07. The van der Waals surface area contributed by atoms with E-state index in [9.17, 15) is 12.8 Å². The lowest BCUT2D eigenvalue weighted by atomic mass is 10.3. The molecule has 0 saturated heterocycles. The average Bonchev–Trinajstić information content (AvgIpc) is 2.33. The predicted molar refractivity (Wildman–Crippen MR) is 73.1 cm³/mol. The van der Waals surface area contributed by atoms with E-state index in [1.807, 2.05) is 0 Å². The monoisotopic (exact) mass is 300 g/mol. The molecule has 0 aliphatic rings. The minimum absolute atomic E-state index is 0.0525. The van der Waals surface area contributed by atoms with Gasteiger partial charge in [0.1, 0.15) is 5.82 Å². The summed E-state index contributed by atoms with van der Waals surface area (Å²) in [4.78, 5) is -0.0525. The highest BCUT2D eigenvalue weighted by atomic mass is 35.5. The summed E-state index contributed by atoms with van der Waals surface area (Å²) in [5, 5.41) is 0.405. The van der Waals surface area contributed by atoms with Gasteiger partial charge in [-0.3, -0.25) is 4.72 Å². The molecular weight excluding hydrogens is 291 g/mol. The summed E-state index contributed by atoms with van der Waals surface area (Å²) in [5.41, 5.74) is 6.08. The standard InChI is InChI=1S/C12H10ClFN2O2S/c13-8-1-6-12(11(15)7-8)16-19(17,18)10-4-2-9(14)3-5-10/h1-7,16H,15H2. The van der Waals surface area contributed by atoms with Crippen LogP contribution in [-0.4, -0.2) is 8.42 Å². The van der Waals surface area contributed by atoms with Crippen molar-refractivity contribution in [2.24, 2.45) is 0 Å². The molecule has 0 atom stereocenters. The van der Waals surface area contributed by atoms with Crippen LogP contribution in [0.4, 0.5) is 15.8 Å². The Morgan fingerprint density at radius 2 is 1.74 bits per heavy atom. The Balaban J connectivity index is 2.33. The van der Waals surface area contributed by atoms with Crippen molar-refractivity contribution in [2.45, 2.75) is 4.90 Å². The summed E-state index contributed by atoms with van der Waals surface area (Å²) in [7, 11) is -3.81. The van der Waals surface area contributed by atoms with Crippen LogP contribution in [0.3, 0.4) is 0 Å². The highest BCUT2D eigenvalue weighted by molar-refractivity contribution is 7.92. The van der Waals surface area contributed by atoms with Gasteiger partial charge in [0, 0.05) is 5.02 Å². The summed E-state index contributed by atoms with van der Waals surface area (Å²) in [6, 6.07) is 8.89. The maximum atomic E-state index is 12.8. The molecule has 2 aromatic carbocycles. The Morgan fingerprint density at radius 3 is 2.32 bits per heavy atom. The average molecular weight is 301 g/mol. The van der Waals surface area contributed by atoms with E-state index in [0.717, 1.165) is 12.1 Å². The number of nitrogens with two attached hydrogens (primary N) is 1. The second-order valence-corrected chi connectivity index (χ2v) is 5.91. The molecule has 0 aliphatic heterocycles. The third kappa shape index (κ3) is 3.15. The van der Waals surface area contributed by atoms with E-state index in [4.69, 9.17) is 17.3 Å². The van der Waals surface area contributed by atoms with Crippen LogP contribution in [0.15, 0.2) is 47.4 Å². The molecule has 0 bridgehead atoms. The first-order valence-corrected chi connectivity index (χ1v) is 7.08. The van der Waals surface area contributed by atoms with Crippen molar-refractivity contribution >= 4 is 33.0 Å². The van der Waals surface area contributed by atoms with Crippen LogP contribution in [0, 0.1) is 5.82 Å². The van der Waals surface area contributed by atoms with E-state index in [1.54, 1.807) is 0 Å². The Kier molecular flexibility index (Phi) is 3.64. The van der Waals surface area contributed by atoms with Gasteiger partial charge in [-0.1, -0.05) is 11.6 Å². The summed E-state index contributed by atoms with van der Waals surface area (Å²) in [5.74, 6) is -0.509. The zero-order valence-electron chi connectivity index (χ0n) is 9.60. The third-order valence-electron chi connectivity index (χ3n) is 2.38. The molecule has 3 N–H and O–H groups in total. The molecule has 0 spiro atoms. The summed E-state index contributed by atoms with van der Waals surface area (Å²) in [6.45, 7) is 0. The molecule has 0 unspecified atom stereocenters. The smallest absolute Gasteiger partial charge is 0.261 e. The molecule has 100 valence electrons. The van der Waals surface area contributed by atoms with Crippen LogP contribution in [0.25, 0.3) is 0 Å². The summed E-state index contributed by atoms with van der Waals surface area (Å²) >= 11 is 5.72. The number of sulfonamides is 1. The van der Waals surface area contributed by atoms with Gasteiger partial charge < -0.3 is 5.73 Å². The molecule has 19 heavy (non-hydrogen) atoms. The molecule has 2 aromatic rings. The molecule has 0 radical (unpaired) electrons. The van der Waals surface area contributed by atoms with Crippen LogP contribution < -0.4 is 10.5 Å². The number of halogens is 2. The molecule has 0 heterocycles. The van der Waals surface area contributed by atoms with E-state index >= 15 is 0 Å². The molecule has 7 heteroatoms. The normalized spacial score (nSPS) is 11.3. The molecule has 0 aromatic heterocycles. The molecule has 0 amide bonds. The number of anilines is 2. The first kappa shape index (κ1) is 13.6. The van der Waals surface area contributed by atoms with Crippen LogP contribution >= 0.6 is 11.6 Å². The van der Waals surface area contributed by atoms with Crippen molar-refractivity contribution in [1.82, 2.24) is 0 Å². The van der Waals surface area contributed by atoms with E-state index in [2.05, 4.69) is 4.72 Å². The lowest BCUT2D eigenvalue weighted by molar-refractivity contribution is 0.599. The van der Waals surface area contributed by atoms with E-state index in [-0.39, 0.29) is 16.3 Å². The van der Waals surface area contributed by atoms with Gasteiger partial charge in [0.25, 0.3) is 10.0 Å². The lowest BCUT2D eigenvalue weighted by Gasteiger charge is -2.10. The predicted octanol–water partition coefficient (Wildman–Crippen LogP) is 2.86. The molecule has 0 saturated carbocycles. The number of nitrogen functional groups attached to an aromatic ring is 1. The van der Waals surface area contributed by atoms with Crippen molar-refractivity contribution in [3.05, 3.63) is 53.3 Å². The SMILES string of the molecule is Nc1cc(Cl)ccc1NS(=O)(=O)c1ccc(F)cc1. The van der Waals surface area contributed by atoms with Gasteiger partial charge in [0.2, 0.25) is 0 Å². The molecular formula is C12H10ClFN2O2S. The summed E-state index contributed by atoms with van der Waals surface area (Å²) < 4.78 is 39.1. The number of benzene rings is 2. The topological polar surface area (TPSA) is 72.2 Å². The van der Waals surface area contributed by atoms with Gasteiger partial charge in [-0.05, 0) is 42.5 Å². The van der Waals surface area contributed by atoms with Crippen molar-refractivity contribution in [2.75, 3.05) is 10.5 Å². The van der Waals surface area contributed by atoms with Gasteiger partial charge in [0.05, 0.1) is 16.3 Å². The van der Waals surface area contributed by atoms with Crippen molar-refractivity contribution in [3.63, 3.8) is 0 Å². The van der Waals surface area contributed by atoms with Crippen LogP contribution in [0.5, 0.6) is 0 Å². The fraction of sp³-hybridized carbons (Fsp3) is 0. The minimum atomic E-state index is -3.81. The Labute approximate surface area is 115 Å². The van der Waals surface area contributed by atoms with Gasteiger partial charge in [-0.25, -0.2) is 12.8 Å². The molecule has 0 fully saturated rings. The largest absolute Gasteiger partial charge is 0.397 e. The Bertz CT molecular complexity index is 702. The maximum Gasteiger partial charge on any atom is 0.261 e. The van der Waals surface area contributed by atoms with Gasteiger partial charge in [-0.15, -0.1) is 0 Å². The van der Waals surface area contributed by atoms with Crippen LogP contribution in [0.2, 0.25) is 5.02 Å². The van der Waals surface area contributed by atoms with Gasteiger partial charge in [-0.2, -0.15) is 0 Å². The van der Waals surface area contributed by atoms with Crippen molar-refractivity contribution < 1.29 is 12.8 Å². The molecule has 2 rings (SSSR count). The van der Waals surface area contributed by atoms with E-state index < -0.39 is 15.8 Å². The van der Waals surface area contributed by atoms with Crippen molar-refractivity contribution in [3.8, 4) is 0 Å². The second-order valence-electron chi connectivity index (χ2n) is 3.79. The Morgan fingerprint density at radius 1 is 1.11 bits per heavy atom. The molecule has 0 aliphatic carbocycles. The highest BCUT2D eigenvalue weighted by Gasteiger charge is 2.15. The third-order valence-corrected chi connectivity index (χ3v) is 4.00. The quantitative estimate of drug-likeness (QED) is 0.856. The maximum absolute atomic E-state index is 12.8. The highest BCUT2D eigenvalue weighted by Crippen LogP contribution is 2.25. The number of rotatable bonds is 3. The first-order chi connectivity index (χ1) is 8.88. The van der Waals surface area contributed by atoms with Gasteiger partial charge in [0.15, 0.2) is 0 Å². The van der Waals surface area contributed by atoms with Crippen LogP contribution in [0.1, 0.15) is 0 Å². The first-order valence-electron chi connectivity index (χ1n) is 5.22. The van der Waals surface area contributed by atoms with Crippen molar-refractivity contribution in [1.29, 1.82) is 0 Å². The zero-order valence-corrected chi connectivity index (χ0v) is 11.2. The molecule has 4 nitrogen and oxygen atoms in total. The zero-order chi connectivity index (χ0) is 14.0. The fourth-order valence-electron chi connectivity index (χ4n) is 1.44. The number of hydrogen-bond acceptors (Lipinski definition) is 3. The van der Waals surface area contributed by atoms with Crippen LogP contribution in [-0.2, 0) is 10.0 Å². The van der Waals surface area contributed by atoms with Gasteiger partial charge >= 0.3 is 0 Å². The number of hydrogen-bond donors (Lipinski definition) is 2. The fourth-order valence-corrected chi connectivity index (χ4v) is 2.71. The Hall–Kier alpha value is -1.79. The lowest BCUT2D eigenvalue weighted by Crippen LogP contribution is -2.14. The number of nitrogens with one attached hydrogen (secondary N) is 1. The van der Waals surface area contributed by atoms with E-state index in [0.29, 0.717) is 5.02 Å². The van der Waals surface area contributed by atoms with E-state index in [1.165, 1.54) is 30.3 Å². The summed E-state index contributed by atoms with van der Waals surface area (Å²) in [6.07, 6.45) is 0. The minimum Gasteiger partial charge on any atom is -0.397 e.